The highest BCUT2D eigenvalue weighted by atomic mass is 16.5. The summed E-state index contributed by atoms with van der Waals surface area (Å²) in [6.07, 6.45) is -0.285. The number of rotatable bonds is 3. The molecule has 2 aromatic rings. The van der Waals surface area contributed by atoms with E-state index in [1.54, 1.807) is 24.3 Å². The van der Waals surface area contributed by atoms with Crippen LogP contribution in [0.2, 0.25) is 0 Å². The summed E-state index contributed by atoms with van der Waals surface area (Å²) in [4.78, 5) is 49.8. The van der Waals surface area contributed by atoms with E-state index in [0.717, 1.165) is 0 Å². The zero-order valence-corrected chi connectivity index (χ0v) is 13.5. The zero-order valence-electron chi connectivity index (χ0n) is 13.5. The molecular weight excluding hydrogens is 328 g/mol. The van der Waals surface area contributed by atoms with Crippen molar-refractivity contribution in [1.82, 2.24) is 10.2 Å². The fourth-order valence-corrected chi connectivity index (χ4v) is 2.77. The van der Waals surface area contributed by atoms with Crippen molar-refractivity contribution >= 4 is 28.8 Å². The Hall–Kier alpha value is -3.16. The minimum Gasteiger partial charge on any atom is -0.469 e. The molecule has 1 aromatic heterocycles. The molecule has 0 radical (unpaired) electrons. The van der Waals surface area contributed by atoms with E-state index in [1.807, 2.05) is 0 Å². The molecule has 2 amide bonds. The van der Waals surface area contributed by atoms with Gasteiger partial charge in [0.1, 0.15) is 17.2 Å². The molecule has 1 aliphatic heterocycles. The van der Waals surface area contributed by atoms with Crippen molar-refractivity contribution in [1.29, 1.82) is 0 Å². The summed E-state index contributed by atoms with van der Waals surface area (Å²) < 4.78 is 9.75. The van der Waals surface area contributed by atoms with Crippen molar-refractivity contribution in [2.24, 2.45) is 0 Å². The normalized spacial score (nSPS) is 17.2. The van der Waals surface area contributed by atoms with E-state index in [-0.39, 0.29) is 25.1 Å². The molecule has 1 fully saturated rings. The molecule has 0 aliphatic carbocycles. The molecular formula is C17H16N2O6. The highest BCUT2D eigenvalue weighted by molar-refractivity contribution is 6.00. The summed E-state index contributed by atoms with van der Waals surface area (Å²) >= 11 is 0. The molecule has 0 saturated carbocycles. The zero-order chi connectivity index (χ0) is 18.0. The van der Waals surface area contributed by atoms with Gasteiger partial charge in [-0.15, -0.1) is 0 Å². The number of nitrogens with zero attached hydrogens (tertiary/aromatic N) is 1. The van der Waals surface area contributed by atoms with Gasteiger partial charge in [0.05, 0.1) is 13.5 Å². The van der Waals surface area contributed by atoms with Crippen LogP contribution in [0.15, 0.2) is 39.5 Å². The largest absolute Gasteiger partial charge is 0.469 e. The van der Waals surface area contributed by atoms with Crippen molar-refractivity contribution in [3.05, 3.63) is 46.3 Å². The molecule has 1 atom stereocenters. The lowest BCUT2D eigenvalue weighted by molar-refractivity contribution is -0.145. The fraction of sp³-hybridized carbons (Fsp3) is 0.294. The lowest BCUT2D eigenvalue weighted by Crippen LogP contribution is -2.58. The van der Waals surface area contributed by atoms with Crippen LogP contribution in [-0.2, 0) is 14.3 Å². The van der Waals surface area contributed by atoms with E-state index in [1.165, 1.54) is 18.1 Å². The predicted molar refractivity (Wildman–Crippen MR) is 87.0 cm³/mol. The van der Waals surface area contributed by atoms with Gasteiger partial charge in [-0.05, 0) is 12.1 Å². The van der Waals surface area contributed by atoms with Crippen LogP contribution in [0.1, 0.15) is 16.8 Å². The SMILES string of the molecule is COC(=O)C[C@@H]1C(=O)NCCN1C(=O)c1cc2ccccc2oc1=O. The van der Waals surface area contributed by atoms with E-state index in [0.29, 0.717) is 11.0 Å². The van der Waals surface area contributed by atoms with Gasteiger partial charge in [0.25, 0.3) is 5.91 Å². The van der Waals surface area contributed by atoms with Crippen LogP contribution >= 0.6 is 0 Å². The first-order valence-electron chi connectivity index (χ1n) is 7.69. The highest BCUT2D eigenvalue weighted by Crippen LogP contribution is 2.17. The van der Waals surface area contributed by atoms with E-state index < -0.39 is 29.5 Å². The van der Waals surface area contributed by atoms with Gasteiger partial charge >= 0.3 is 11.6 Å². The molecule has 130 valence electrons. The summed E-state index contributed by atoms with van der Waals surface area (Å²) in [5, 5.41) is 3.19. The number of piperazine rings is 1. The summed E-state index contributed by atoms with van der Waals surface area (Å²) in [6.45, 7) is 0.416. The molecule has 3 rings (SSSR count). The van der Waals surface area contributed by atoms with Crippen LogP contribution in [0.25, 0.3) is 11.0 Å². The molecule has 0 unspecified atom stereocenters. The highest BCUT2D eigenvalue weighted by Gasteiger charge is 2.36. The minimum absolute atomic E-state index is 0.178. The second kappa shape index (κ2) is 6.76. The monoisotopic (exact) mass is 344 g/mol. The smallest absolute Gasteiger partial charge is 0.349 e. The summed E-state index contributed by atoms with van der Waals surface area (Å²) in [5.41, 5.74) is -0.596. The van der Waals surface area contributed by atoms with Crippen molar-refractivity contribution in [3.63, 3.8) is 0 Å². The fourth-order valence-electron chi connectivity index (χ4n) is 2.77. The van der Waals surface area contributed by atoms with Crippen LogP contribution in [0.5, 0.6) is 0 Å². The predicted octanol–water partition coefficient (Wildman–Crippen LogP) is 0.297. The van der Waals surface area contributed by atoms with Gasteiger partial charge in [-0.1, -0.05) is 18.2 Å². The molecule has 0 bridgehead atoms. The number of carbonyl (C=O) groups is 3. The molecule has 8 heteroatoms. The number of carbonyl (C=O) groups excluding carboxylic acids is 3. The van der Waals surface area contributed by atoms with Gasteiger partial charge in [0.2, 0.25) is 5.91 Å². The molecule has 1 aromatic carbocycles. The second-order valence-corrected chi connectivity index (χ2v) is 5.57. The summed E-state index contributed by atoms with van der Waals surface area (Å²) in [7, 11) is 1.20. The number of amides is 2. The Balaban J connectivity index is 1.97. The third kappa shape index (κ3) is 3.23. The maximum absolute atomic E-state index is 12.8. The average molecular weight is 344 g/mol. The van der Waals surface area contributed by atoms with Crippen molar-refractivity contribution in [2.45, 2.75) is 12.5 Å². The van der Waals surface area contributed by atoms with Crippen LogP contribution < -0.4 is 10.9 Å². The maximum atomic E-state index is 12.8. The van der Waals surface area contributed by atoms with E-state index in [4.69, 9.17) is 4.42 Å². The second-order valence-electron chi connectivity index (χ2n) is 5.57. The quantitative estimate of drug-likeness (QED) is 0.634. The molecule has 1 aliphatic rings. The van der Waals surface area contributed by atoms with Gasteiger partial charge in [-0.3, -0.25) is 14.4 Å². The maximum Gasteiger partial charge on any atom is 0.349 e. The van der Waals surface area contributed by atoms with E-state index >= 15 is 0 Å². The first-order valence-corrected chi connectivity index (χ1v) is 7.69. The molecule has 8 nitrogen and oxygen atoms in total. The Labute approximate surface area is 142 Å². The van der Waals surface area contributed by atoms with Gasteiger partial charge in [0.15, 0.2) is 0 Å². The van der Waals surface area contributed by atoms with Crippen LogP contribution in [0.4, 0.5) is 0 Å². The topological polar surface area (TPSA) is 106 Å². The Bertz CT molecular complexity index is 903. The number of benzene rings is 1. The minimum atomic E-state index is -1.03. The first kappa shape index (κ1) is 16.7. The Morgan fingerprint density at radius 1 is 1.32 bits per heavy atom. The Morgan fingerprint density at radius 3 is 2.84 bits per heavy atom. The van der Waals surface area contributed by atoms with Gasteiger partial charge in [0, 0.05) is 18.5 Å². The van der Waals surface area contributed by atoms with Crippen LogP contribution in [0, 0.1) is 0 Å². The number of fused-ring (bicyclic) bond motifs is 1. The Kier molecular flexibility index (Phi) is 4.51. The van der Waals surface area contributed by atoms with Crippen molar-refractivity contribution < 1.29 is 23.5 Å². The first-order chi connectivity index (χ1) is 12.0. The van der Waals surface area contributed by atoms with Gasteiger partial charge in [-0.2, -0.15) is 0 Å². The number of methoxy groups -OCH3 is 1. The number of ether oxygens (including phenoxy) is 1. The van der Waals surface area contributed by atoms with Gasteiger partial charge in [-0.25, -0.2) is 4.79 Å². The standard InChI is InChI=1S/C17H16N2O6/c1-24-14(20)9-12-15(21)18-6-7-19(12)16(22)11-8-10-4-2-3-5-13(10)25-17(11)23/h2-5,8,12H,6-7,9H2,1H3,(H,18,21)/t12-/m1/s1. The van der Waals surface area contributed by atoms with Crippen molar-refractivity contribution in [2.75, 3.05) is 20.2 Å². The molecule has 1 N–H and O–H groups in total. The van der Waals surface area contributed by atoms with Crippen LogP contribution in [-0.4, -0.2) is 48.9 Å². The third-order valence-electron chi connectivity index (χ3n) is 4.05. The molecule has 25 heavy (non-hydrogen) atoms. The number of hydrogen-bond donors (Lipinski definition) is 1. The van der Waals surface area contributed by atoms with Crippen LogP contribution in [0.3, 0.4) is 0 Å². The number of para-hydroxylation sites is 1. The lowest BCUT2D eigenvalue weighted by Gasteiger charge is -2.34. The van der Waals surface area contributed by atoms with E-state index in [2.05, 4.69) is 10.1 Å². The number of nitrogens with one attached hydrogen (secondary N) is 1. The van der Waals surface area contributed by atoms with Crippen molar-refractivity contribution in [3.8, 4) is 0 Å². The molecule has 2 heterocycles. The molecule has 1 saturated heterocycles. The number of hydrogen-bond acceptors (Lipinski definition) is 6. The third-order valence-corrected chi connectivity index (χ3v) is 4.05. The summed E-state index contributed by atoms with van der Waals surface area (Å²) in [5.74, 6) is -1.73. The number of esters is 1. The molecule has 0 spiro atoms. The lowest BCUT2D eigenvalue weighted by atomic mass is 10.1. The summed E-state index contributed by atoms with van der Waals surface area (Å²) in [6, 6.07) is 7.22. The van der Waals surface area contributed by atoms with E-state index in [9.17, 15) is 19.2 Å². The van der Waals surface area contributed by atoms with Gasteiger partial charge < -0.3 is 19.4 Å². The Morgan fingerprint density at radius 2 is 2.08 bits per heavy atom. The average Bonchev–Trinajstić information content (AvgIpc) is 2.62.